The molecule has 5 rings (SSSR count). The zero-order valence-corrected chi connectivity index (χ0v) is 23.3. The molecular formula is C31H26Cl2F3N3O2. The van der Waals surface area contributed by atoms with E-state index >= 15 is 0 Å². The number of hydroxylamine groups is 1. The molecule has 1 atom stereocenters. The number of hydrogen-bond acceptors (Lipinski definition) is 4. The van der Waals surface area contributed by atoms with E-state index in [9.17, 15) is 23.2 Å². The summed E-state index contributed by atoms with van der Waals surface area (Å²) in [7, 11) is 0. The molecule has 0 aliphatic carbocycles. The number of alkyl halides is 3. The molecule has 10 heteroatoms. The second-order valence-corrected chi connectivity index (χ2v) is 10.9. The van der Waals surface area contributed by atoms with E-state index in [0.29, 0.717) is 37.5 Å². The molecule has 0 bridgehead atoms. The Kier molecular flexibility index (Phi) is 8.77. The molecule has 212 valence electrons. The van der Waals surface area contributed by atoms with Crippen molar-refractivity contribution in [2.24, 2.45) is 0 Å². The summed E-state index contributed by atoms with van der Waals surface area (Å²) < 4.78 is 42.4. The second-order valence-electron chi connectivity index (χ2n) is 10.0. The quantitative estimate of drug-likeness (QED) is 0.186. The predicted octanol–water partition coefficient (Wildman–Crippen LogP) is 7.31. The van der Waals surface area contributed by atoms with Gasteiger partial charge in [-0.05, 0) is 78.9 Å². The van der Waals surface area contributed by atoms with Gasteiger partial charge in [0.15, 0.2) is 0 Å². The molecule has 4 aromatic rings. The lowest BCUT2D eigenvalue weighted by molar-refractivity contribution is -0.680. The maximum Gasteiger partial charge on any atom is 0.416 e. The lowest BCUT2D eigenvalue weighted by Gasteiger charge is -2.35. The van der Waals surface area contributed by atoms with E-state index in [1.807, 2.05) is 48.5 Å². The van der Waals surface area contributed by atoms with Crippen molar-refractivity contribution < 1.29 is 23.0 Å². The number of carbonyl (C=O) groups is 1. The summed E-state index contributed by atoms with van der Waals surface area (Å²) in [5, 5.41) is 13.0. The van der Waals surface area contributed by atoms with E-state index in [1.165, 1.54) is 30.5 Å². The number of piperidine rings is 1. The van der Waals surface area contributed by atoms with Crippen molar-refractivity contribution in [1.82, 2.24) is 9.88 Å². The molecule has 0 radical (unpaired) electrons. The minimum atomic E-state index is -4.67. The number of quaternary nitrogens is 1. The van der Waals surface area contributed by atoms with Gasteiger partial charge < -0.3 is 5.21 Å². The summed E-state index contributed by atoms with van der Waals surface area (Å²) >= 11 is 11.8. The molecule has 5 nitrogen and oxygen atoms in total. The van der Waals surface area contributed by atoms with Crippen LogP contribution < -0.4 is 5.06 Å². The summed E-state index contributed by atoms with van der Waals surface area (Å²) in [5.41, 5.74) is 2.00. The first-order valence-electron chi connectivity index (χ1n) is 13.1. The first-order valence-corrected chi connectivity index (χ1v) is 13.8. The molecule has 1 saturated heterocycles. The fourth-order valence-corrected chi connectivity index (χ4v) is 5.63. The second kappa shape index (κ2) is 12.3. The van der Waals surface area contributed by atoms with E-state index in [-0.39, 0.29) is 22.0 Å². The van der Waals surface area contributed by atoms with Gasteiger partial charge in [-0.2, -0.15) is 13.2 Å². The van der Waals surface area contributed by atoms with E-state index in [0.717, 1.165) is 22.8 Å². The summed E-state index contributed by atoms with van der Waals surface area (Å²) in [6.07, 6.45) is -2.55. The van der Waals surface area contributed by atoms with E-state index in [4.69, 9.17) is 23.2 Å². The third kappa shape index (κ3) is 6.80. The maximum absolute atomic E-state index is 14.1. The third-order valence-electron chi connectivity index (χ3n) is 7.38. The summed E-state index contributed by atoms with van der Waals surface area (Å²) in [5.74, 6) is -1.45. The fraction of sp³-hybridized carbons (Fsp3) is 0.226. The van der Waals surface area contributed by atoms with E-state index in [1.54, 1.807) is 0 Å². The lowest BCUT2D eigenvalue weighted by atomic mass is 9.84. The monoisotopic (exact) mass is 599 g/mol. The number of hydrogen-bond donors (Lipinski definition) is 1. The standard InChI is InChI=1S/C31H26Cl2F3N3O2/c32-25-10-8-22(9-11-25)21-6-4-20(5-7-21)19-38-16-13-23(14-17-38)29-26(31(34,35)36)2-1-3-27(29)39(41)30(40)24-12-15-37-28(33)18-24/h1-12,15,18,23,39H,13-14,16-17,19H2. The molecule has 1 aliphatic heterocycles. The molecule has 0 spiro atoms. The average Bonchev–Trinajstić information content (AvgIpc) is 2.97. The number of amides is 1. The van der Waals surface area contributed by atoms with Crippen molar-refractivity contribution in [3.8, 4) is 11.1 Å². The van der Waals surface area contributed by atoms with Crippen LogP contribution in [0.15, 0.2) is 85.1 Å². The number of benzene rings is 3. The van der Waals surface area contributed by atoms with Crippen molar-refractivity contribution in [3.63, 3.8) is 0 Å². The molecule has 2 heterocycles. The Morgan fingerprint density at radius 1 is 0.951 bits per heavy atom. The molecule has 1 fully saturated rings. The average molecular weight is 600 g/mol. The van der Waals surface area contributed by atoms with Gasteiger partial charge in [-0.1, -0.05) is 65.7 Å². The third-order valence-corrected chi connectivity index (χ3v) is 7.84. The Labute approximate surface area is 245 Å². The van der Waals surface area contributed by atoms with Crippen LogP contribution in [0.5, 0.6) is 0 Å². The Balaban J connectivity index is 1.32. The number of pyridine rings is 1. The number of nitrogens with one attached hydrogen (secondary N) is 1. The summed E-state index contributed by atoms with van der Waals surface area (Å²) in [6, 6.07) is 21.8. The van der Waals surface area contributed by atoms with Gasteiger partial charge in [-0.15, -0.1) is 0 Å². The van der Waals surface area contributed by atoms with Crippen molar-refractivity contribution >= 4 is 34.8 Å². The lowest BCUT2D eigenvalue weighted by Crippen LogP contribution is -3.05. The number of carbonyl (C=O) groups excluding carboxylic acids is 1. The van der Waals surface area contributed by atoms with Crippen molar-refractivity contribution in [2.45, 2.75) is 31.5 Å². The van der Waals surface area contributed by atoms with Crippen LogP contribution in [0.1, 0.15) is 45.8 Å². The molecule has 1 N–H and O–H groups in total. The topological polar surface area (TPSA) is 60.7 Å². The zero-order chi connectivity index (χ0) is 29.1. The molecule has 3 aromatic carbocycles. The normalized spacial score (nSPS) is 15.6. The van der Waals surface area contributed by atoms with Crippen LogP contribution in [-0.2, 0) is 12.7 Å². The molecule has 0 saturated carbocycles. The van der Waals surface area contributed by atoms with Crippen LogP contribution in [0.4, 0.5) is 18.9 Å². The van der Waals surface area contributed by atoms with E-state index in [2.05, 4.69) is 9.88 Å². The fourth-order valence-electron chi connectivity index (χ4n) is 5.33. The van der Waals surface area contributed by atoms with Gasteiger partial charge in [0.05, 0.1) is 11.1 Å². The molecule has 1 aromatic heterocycles. The largest absolute Gasteiger partial charge is 0.621 e. The zero-order valence-electron chi connectivity index (χ0n) is 21.8. The number of halogens is 5. The van der Waals surface area contributed by atoms with Crippen LogP contribution in [0.3, 0.4) is 0 Å². The van der Waals surface area contributed by atoms with Gasteiger partial charge in [-0.3, -0.25) is 9.96 Å². The maximum atomic E-state index is 14.1. The summed E-state index contributed by atoms with van der Waals surface area (Å²) in [4.78, 5) is 18.9. The van der Waals surface area contributed by atoms with Crippen molar-refractivity contribution in [1.29, 1.82) is 0 Å². The summed E-state index contributed by atoms with van der Waals surface area (Å²) in [6.45, 7) is 1.76. The number of nitrogens with zero attached hydrogens (tertiary/aromatic N) is 2. The van der Waals surface area contributed by atoms with Crippen molar-refractivity contribution in [3.05, 3.63) is 123 Å². The van der Waals surface area contributed by atoms with Crippen LogP contribution in [0, 0.1) is 5.21 Å². The van der Waals surface area contributed by atoms with Crippen molar-refractivity contribution in [2.75, 3.05) is 13.1 Å². The van der Waals surface area contributed by atoms with E-state index < -0.39 is 28.6 Å². The van der Waals surface area contributed by atoms with Gasteiger partial charge >= 0.3 is 12.1 Å². The van der Waals surface area contributed by atoms with Gasteiger partial charge in [0.2, 0.25) is 0 Å². The first kappa shape index (κ1) is 29.2. The Bertz CT molecular complexity index is 1520. The first-order chi connectivity index (χ1) is 19.6. The number of rotatable bonds is 6. The number of aromatic nitrogens is 1. The van der Waals surface area contributed by atoms with Gasteiger partial charge in [0.1, 0.15) is 10.8 Å². The molecule has 41 heavy (non-hydrogen) atoms. The van der Waals surface area contributed by atoms with Gasteiger partial charge in [0, 0.05) is 29.4 Å². The minimum absolute atomic E-state index is 0.0138. The smallest absolute Gasteiger partial charge is 0.416 e. The molecule has 1 unspecified atom stereocenters. The van der Waals surface area contributed by atoms with Crippen LogP contribution in [0.25, 0.3) is 11.1 Å². The highest BCUT2D eigenvalue weighted by Crippen LogP contribution is 2.41. The molecule has 1 amide bonds. The van der Waals surface area contributed by atoms with Gasteiger partial charge in [0.25, 0.3) is 0 Å². The highest BCUT2D eigenvalue weighted by molar-refractivity contribution is 6.30. The Morgan fingerprint density at radius 2 is 1.59 bits per heavy atom. The Morgan fingerprint density at radius 3 is 2.20 bits per heavy atom. The number of likely N-dealkylation sites (tertiary alicyclic amines) is 1. The van der Waals surface area contributed by atoms with Crippen LogP contribution in [0.2, 0.25) is 10.2 Å². The van der Waals surface area contributed by atoms with Crippen LogP contribution in [-0.4, -0.2) is 28.9 Å². The van der Waals surface area contributed by atoms with Crippen LogP contribution >= 0.6 is 23.2 Å². The molecule has 1 aliphatic rings. The van der Waals surface area contributed by atoms with Gasteiger partial charge in [-0.25, -0.2) is 9.78 Å². The molecular weight excluding hydrogens is 574 g/mol. The SMILES string of the molecule is O=C(c1ccnc(Cl)c1)[NH+]([O-])c1cccc(C(F)(F)F)c1C1CCN(Cc2ccc(-c3ccc(Cl)cc3)cc2)CC1. The minimum Gasteiger partial charge on any atom is -0.621 e. The Hall–Kier alpha value is -3.27. The predicted molar refractivity (Wildman–Crippen MR) is 153 cm³/mol. The highest BCUT2D eigenvalue weighted by Gasteiger charge is 2.39. The highest BCUT2D eigenvalue weighted by atomic mass is 35.5.